The minimum absolute atomic E-state index is 0.141. The van der Waals surface area contributed by atoms with Gasteiger partial charge in [-0.05, 0) is 41.4 Å². The molecule has 0 aromatic heterocycles. The molecule has 0 unspecified atom stereocenters. The summed E-state index contributed by atoms with van der Waals surface area (Å²) >= 11 is 5.30. The molecule has 0 atom stereocenters. The fraction of sp³-hybridized carbons (Fsp3) is 0.0714. The second-order valence-corrected chi connectivity index (χ2v) is 5.98. The molecule has 0 aliphatic carbocycles. The third kappa shape index (κ3) is 4.08. The summed E-state index contributed by atoms with van der Waals surface area (Å²) in [7, 11) is -3.74. The van der Waals surface area contributed by atoms with Gasteiger partial charge in [-0.2, -0.15) is 8.42 Å². The Hall–Kier alpha value is -1.85. The van der Waals surface area contributed by atoms with Crippen LogP contribution in [0.4, 0.5) is 0 Å². The van der Waals surface area contributed by atoms with Crippen LogP contribution in [-0.2, 0) is 15.9 Å². The molecule has 0 heterocycles. The number of carbonyl (C=O) groups excluding carboxylic acids is 1. The van der Waals surface area contributed by atoms with Gasteiger partial charge < -0.3 is 4.18 Å². The molecule has 0 fully saturated rings. The summed E-state index contributed by atoms with van der Waals surface area (Å²) in [6.45, 7) is 0. The zero-order chi connectivity index (χ0) is 14.6. The van der Waals surface area contributed by atoms with Crippen molar-refractivity contribution in [2.24, 2.45) is 0 Å². The van der Waals surface area contributed by atoms with Crippen molar-refractivity contribution < 1.29 is 17.4 Å². The first-order valence-electron chi connectivity index (χ1n) is 5.72. The summed E-state index contributed by atoms with van der Waals surface area (Å²) in [5, 5.41) is -0.608. The molecule has 2 aromatic rings. The van der Waals surface area contributed by atoms with Crippen molar-refractivity contribution in [1.29, 1.82) is 0 Å². The van der Waals surface area contributed by atoms with Crippen molar-refractivity contribution in [2.45, 2.75) is 5.75 Å². The Kier molecular flexibility index (Phi) is 4.42. The van der Waals surface area contributed by atoms with Gasteiger partial charge in [0.25, 0.3) is 5.24 Å². The van der Waals surface area contributed by atoms with E-state index in [4.69, 9.17) is 15.8 Å². The van der Waals surface area contributed by atoms with E-state index in [1.165, 1.54) is 24.3 Å². The fourth-order valence-corrected chi connectivity index (χ4v) is 2.79. The second-order valence-electron chi connectivity index (χ2n) is 4.07. The average Bonchev–Trinajstić information content (AvgIpc) is 2.39. The molecule has 0 amide bonds. The summed E-state index contributed by atoms with van der Waals surface area (Å²) in [5.74, 6) is -0.0769. The first kappa shape index (κ1) is 14.6. The highest BCUT2D eigenvalue weighted by Gasteiger charge is 2.14. The van der Waals surface area contributed by atoms with Gasteiger partial charge in [0.2, 0.25) is 0 Å². The summed E-state index contributed by atoms with van der Waals surface area (Å²) in [6.07, 6.45) is 0. The molecule has 0 aliphatic rings. The van der Waals surface area contributed by atoms with Gasteiger partial charge in [-0.25, -0.2) is 0 Å². The largest absolute Gasteiger partial charge is 0.382 e. The number of hydrogen-bond acceptors (Lipinski definition) is 4. The van der Waals surface area contributed by atoms with E-state index in [1.807, 2.05) is 0 Å². The lowest BCUT2D eigenvalue weighted by Gasteiger charge is -2.07. The van der Waals surface area contributed by atoms with Crippen LogP contribution >= 0.6 is 11.6 Å². The molecule has 0 spiro atoms. The quantitative estimate of drug-likeness (QED) is 0.629. The number of halogens is 1. The normalized spacial score (nSPS) is 11.1. The van der Waals surface area contributed by atoms with Gasteiger partial charge in [0.15, 0.2) is 0 Å². The van der Waals surface area contributed by atoms with Crippen LogP contribution in [0, 0.1) is 0 Å². The van der Waals surface area contributed by atoms with Gasteiger partial charge in [0.1, 0.15) is 11.5 Å². The minimum atomic E-state index is -3.74. The molecule has 20 heavy (non-hydrogen) atoms. The molecule has 0 saturated carbocycles. The van der Waals surface area contributed by atoms with Gasteiger partial charge in [0, 0.05) is 5.56 Å². The van der Waals surface area contributed by atoms with Crippen LogP contribution in [0.1, 0.15) is 15.9 Å². The van der Waals surface area contributed by atoms with Crippen molar-refractivity contribution in [1.82, 2.24) is 0 Å². The zero-order valence-electron chi connectivity index (χ0n) is 10.3. The molecule has 6 heteroatoms. The topological polar surface area (TPSA) is 60.4 Å². The van der Waals surface area contributed by atoms with E-state index >= 15 is 0 Å². The third-order valence-corrected chi connectivity index (χ3v) is 3.84. The Labute approximate surface area is 122 Å². The number of benzene rings is 2. The van der Waals surface area contributed by atoms with Gasteiger partial charge in [-0.3, -0.25) is 4.79 Å². The SMILES string of the molecule is O=C(Cl)c1ccc(OS(=O)(=O)Cc2ccccc2)cc1. The smallest absolute Gasteiger partial charge is 0.313 e. The van der Waals surface area contributed by atoms with E-state index in [1.54, 1.807) is 30.3 Å². The molecule has 0 N–H and O–H groups in total. The molecule has 104 valence electrons. The summed E-state index contributed by atoms with van der Waals surface area (Å²) in [5.41, 5.74) is 0.916. The number of carbonyl (C=O) groups is 1. The molecular weight excluding hydrogens is 300 g/mol. The van der Waals surface area contributed by atoms with E-state index in [9.17, 15) is 13.2 Å². The second kappa shape index (κ2) is 6.07. The average molecular weight is 311 g/mol. The highest BCUT2D eigenvalue weighted by Crippen LogP contribution is 2.17. The Bertz CT molecular complexity index is 694. The highest BCUT2D eigenvalue weighted by atomic mass is 35.5. The first-order valence-corrected chi connectivity index (χ1v) is 7.68. The van der Waals surface area contributed by atoms with E-state index in [-0.39, 0.29) is 17.1 Å². The molecular formula is C14H11ClO4S. The summed E-state index contributed by atoms with van der Waals surface area (Å²) in [4.78, 5) is 10.9. The molecule has 0 saturated heterocycles. The lowest BCUT2D eigenvalue weighted by Crippen LogP contribution is -2.12. The van der Waals surface area contributed by atoms with Crippen molar-refractivity contribution in [3.05, 3.63) is 65.7 Å². The molecule has 0 aliphatic heterocycles. The van der Waals surface area contributed by atoms with Crippen molar-refractivity contribution >= 4 is 27.0 Å². The fourth-order valence-electron chi connectivity index (χ4n) is 1.60. The molecule has 2 aromatic carbocycles. The van der Waals surface area contributed by atoms with E-state index < -0.39 is 15.4 Å². The highest BCUT2D eigenvalue weighted by molar-refractivity contribution is 7.86. The minimum Gasteiger partial charge on any atom is -0.382 e. The Balaban J connectivity index is 2.10. The van der Waals surface area contributed by atoms with Crippen LogP contribution < -0.4 is 4.18 Å². The van der Waals surface area contributed by atoms with E-state index in [0.29, 0.717) is 5.56 Å². The maximum atomic E-state index is 11.9. The lowest BCUT2D eigenvalue weighted by atomic mass is 10.2. The van der Waals surface area contributed by atoms with Crippen molar-refractivity contribution in [3.63, 3.8) is 0 Å². The third-order valence-electron chi connectivity index (χ3n) is 2.49. The van der Waals surface area contributed by atoms with E-state index in [0.717, 1.165) is 0 Å². The predicted octanol–water partition coefficient (Wildman–Crippen LogP) is 2.97. The Morgan fingerprint density at radius 1 is 1.00 bits per heavy atom. The summed E-state index contributed by atoms with van der Waals surface area (Å²) < 4.78 is 28.7. The van der Waals surface area contributed by atoms with Crippen LogP contribution in [0.15, 0.2) is 54.6 Å². The first-order chi connectivity index (χ1) is 9.46. The molecule has 4 nitrogen and oxygen atoms in total. The van der Waals surface area contributed by atoms with Gasteiger partial charge in [-0.15, -0.1) is 0 Å². The molecule has 2 rings (SSSR count). The van der Waals surface area contributed by atoms with Crippen LogP contribution in [-0.4, -0.2) is 13.7 Å². The Morgan fingerprint density at radius 2 is 1.60 bits per heavy atom. The lowest BCUT2D eigenvalue weighted by molar-refractivity contribution is 0.108. The van der Waals surface area contributed by atoms with Crippen LogP contribution in [0.25, 0.3) is 0 Å². The van der Waals surface area contributed by atoms with Crippen LogP contribution in [0.3, 0.4) is 0 Å². The monoisotopic (exact) mass is 310 g/mol. The van der Waals surface area contributed by atoms with Gasteiger partial charge >= 0.3 is 10.1 Å². The molecule has 0 bridgehead atoms. The standard InChI is InChI=1S/C14H11ClO4S/c15-14(16)12-6-8-13(9-7-12)19-20(17,18)10-11-4-2-1-3-5-11/h1-9H,10H2. The summed E-state index contributed by atoms with van der Waals surface area (Å²) in [6, 6.07) is 14.3. The zero-order valence-corrected chi connectivity index (χ0v) is 11.9. The van der Waals surface area contributed by atoms with Crippen LogP contribution in [0.2, 0.25) is 0 Å². The predicted molar refractivity (Wildman–Crippen MR) is 76.3 cm³/mol. The number of rotatable bonds is 5. The van der Waals surface area contributed by atoms with E-state index in [2.05, 4.69) is 0 Å². The van der Waals surface area contributed by atoms with Crippen molar-refractivity contribution in [3.8, 4) is 5.75 Å². The van der Waals surface area contributed by atoms with Crippen LogP contribution in [0.5, 0.6) is 5.75 Å². The molecule has 0 radical (unpaired) electrons. The maximum absolute atomic E-state index is 11.9. The van der Waals surface area contributed by atoms with Gasteiger partial charge in [-0.1, -0.05) is 30.3 Å². The maximum Gasteiger partial charge on any atom is 0.313 e. The number of hydrogen-bond donors (Lipinski definition) is 0. The van der Waals surface area contributed by atoms with Gasteiger partial charge in [0.05, 0.1) is 0 Å². The Morgan fingerprint density at radius 3 is 2.15 bits per heavy atom. The van der Waals surface area contributed by atoms with Crippen molar-refractivity contribution in [2.75, 3.05) is 0 Å².